The molecule has 1 aromatic carbocycles. The van der Waals surface area contributed by atoms with Crippen molar-refractivity contribution in [2.45, 2.75) is 50.5 Å². The van der Waals surface area contributed by atoms with Crippen molar-refractivity contribution in [3.63, 3.8) is 0 Å². The number of benzene rings is 1. The van der Waals surface area contributed by atoms with Crippen LogP contribution in [0.5, 0.6) is 5.75 Å². The van der Waals surface area contributed by atoms with Crippen LogP contribution in [0, 0.1) is 0 Å². The van der Waals surface area contributed by atoms with E-state index in [1.54, 1.807) is 12.1 Å². The molecule has 0 saturated heterocycles. The predicted molar refractivity (Wildman–Crippen MR) is 66.5 cm³/mol. The Bertz CT molecular complexity index is 342. The van der Waals surface area contributed by atoms with Crippen LogP contribution in [0.2, 0.25) is 0 Å². The lowest BCUT2D eigenvalue weighted by atomic mass is 9.90. The Kier molecular flexibility index (Phi) is 3.20. The third kappa shape index (κ3) is 2.76. The Hall–Kier alpha value is -1.02. The maximum atomic E-state index is 9.27. The molecule has 2 atom stereocenters. The quantitative estimate of drug-likeness (QED) is 0.713. The zero-order chi connectivity index (χ0) is 11.6. The smallest absolute Gasteiger partial charge is 0.115 e. The molecule has 88 valence electrons. The van der Waals surface area contributed by atoms with Crippen molar-refractivity contribution in [3.8, 4) is 5.75 Å². The van der Waals surface area contributed by atoms with Gasteiger partial charge < -0.3 is 10.8 Å². The Morgan fingerprint density at radius 1 is 1.19 bits per heavy atom. The number of aromatic hydroxyl groups is 1. The topological polar surface area (TPSA) is 46.2 Å². The Morgan fingerprint density at radius 2 is 1.88 bits per heavy atom. The molecule has 0 radical (unpaired) electrons. The Labute approximate surface area is 97.5 Å². The first-order valence-corrected chi connectivity index (χ1v) is 6.15. The number of hydrogen-bond acceptors (Lipinski definition) is 2. The number of rotatable bonds is 1. The number of phenols is 1. The molecule has 1 aliphatic carbocycles. The standard InChI is InChI=1S/C14H21NO/c1-14(15)9-2-3-11(8-10-14)12-4-6-13(16)7-5-12/h4-7,11,16H,2-3,8-10,15H2,1H3/t11-,14-/m1/s1. The number of phenolic OH excluding ortho intramolecular Hbond substituents is 1. The van der Waals surface area contributed by atoms with Crippen molar-refractivity contribution in [2.24, 2.45) is 5.73 Å². The van der Waals surface area contributed by atoms with Crippen LogP contribution in [0.15, 0.2) is 24.3 Å². The SMILES string of the molecule is C[C@@]1(N)CCC[C@@H](c2ccc(O)cc2)CC1. The lowest BCUT2D eigenvalue weighted by Crippen LogP contribution is -2.34. The van der Waals surface area contributed by atoms with Gasteiger partial charge in [0.25, 0.3) is 0 Å². The summed E-state index contributed by atoms with van der Waals surface area (Å²) in [4.78, 5) is 0. The molecule has 0 spiro atoms. The predicted octanol–water partition coefficient (Wildman–Crippen LogP) is 3.16. The van der Waals surface area contributed by atoms with E-state index >= 15 is 0 Å². The second kappa shape index (κ2) is 4.46. The van der Waals surface area contributed by atoms with Crippen LogP contribution >= 0.6 is 0 Å². The van der Waals surface area contributed by atoms with Gasteiger partial charge in [-0.25, -0.2) is 0 Å². The highest BCUT2D eigenvalue weighted by atomic mass is 16.3. The lowest BCUT2D eigenvalue weighted by Gasteiger charge is -2.22. The van der Waals surface area contributed by atoms with Gasteiger partial charge in [0.2, 0.25) is 0 Å². The van der Waals surface area contributed by atoms with Gasteiger partial charge in [0.05, 0.1) is 0 Å². The highest BCUT2D eigenvalue weighted by Crippen LogP contribution is 2.35. The molecule has 16 heavy (non-hydrogen) atoms. The van der Waals surface area contributed by atoms with E-state index in [1.807, 2.05) is 12.1 Å². The minimum atomic E-state index is 0.0195. The van der Waals surface area contributed by atoms with Crippen molar-refractivity contribution in [3.05, 3.63) is 29.8 Å². The summed E-state index contributed by atoms with van der Waals surface area (Å²) in [5.41, 5.74) is 7.56. The average Bonchev–Trinajstić information content (AvgIpc) is 2.41. The third-order valence-electron chi connectivity index (χ3n) is 3.73. The van der Waals surface area contributed by atoms with Gasteiger partial charge in [-0.15, -0.1) is 0 Å². The maximum Gasteiger partial charge on any atom is 0.115 e. The van der Waals surface area contributed by atoms with Gasteiger partial charge in [-0.3, -0.25) is 0 Å². The van der Waals surface area contributed by atoms with Crippen molar-refractivity contribution >= 4 is 0 Å². The molecule has 0 unspecified atom stereocenters. The Balaban J connectivity index is 2.08. The van der Waals surface area contributed by atoms with Crippen molar-refractivity contribution in [1.82, 2.24) is 0 Å². The van der Waals surface area contributed by atoms with E-state index in [9.17, 15) is 5.11 Å². The van der Waals surface area contributed by atoms with Crippen LogP contribution in [0.25, 0.3) is 0 Å². The van der Waals surface area contributed by atoms with Crippen LogP contribution in [-0.4, -0.2) is 10.6 Å². The molecular weight excluding hydrogens is 198 g/mol. The minimum Gasteiger partial charge on any atom is -0.508 e. The van der Waals surface area contributed by atoms with Crippen LogP contribution in [0.3, 0.4) is 0 Å². The van der Waals surface area contributed by atoms with Gasteiger partial charge >= 0.3 is 0 Å². The molecule has 0 amide bonds. The molecular formula is C14H21NO. The van der Waals surface area contributed by atoms with Gasteiger partial charge in [-0.2, -0.15) is 0 Å². The molecule has 2 heteroatoms. The second-order valence-corrected chi connectivity index (χ2v) is 5.37. The molecule has 0 aromatic heterocycles. The van der Waals surface area contributed by atoms with Crippen molar-refractivity contribution < 1.29 is 5.11 Å². The lowest BCUT2D eigenvalue weighted by molar-refractivity contribution is 0.407. The molecule has 2 nitrogen and oxygen atoms in total. The fourth-order valence-corrected chi connectivity index (χ4v) is 2.61. The summed E-state index contributed by atoms with van der Waals surface area (Å²) in [5, 5.41) is 9.27. The summed E-state index contributed by atoms with van der Waals surface area (Å²) in [7, 11) is 0. The van der Waals surface area contributed by atoms with Crippen LogP contribution in [-0.2, 0) is 0 Å². The monoisotopic (exact) mass is 219 g/mol. The van der Waals surface area contributed by atoms with Gasteiger partial charge in [0.1, 0.15) is 5.75 Å². The van der Waals surface area contributed by atoms with Crippen LogP contribution < -0.4 is 5.73 Å². The summed E-state index contributed by atoms with van der Waals surface area (Å²) in [6.07, 6.45) is 5.81. The zero-order valence-electron chi connectivity index (χ0n) is 9.95. The average molecular weight is 219 g/mol. The number of nitrogens with two attached hydrogens (primary N) is 1. The van der Waals surface area contributed by atoms with Gasteiger partial charge in [-0.05, 0) is 56.2 Å². The zero-order valence-corrected chi connectivity index (χ0v) is 9.95. The molecule has 2 rings (SSSR count). The highest BCUT2D eigenvalue weighted by molar-refractivity contribution is 5.28. The van der Waals surface area contributed by atoms with Crippen LogP contribution in [0.4, 0.5) is 0 Å². The fraction of sp³-hybridized carbons (Fsp3) is 0.571. The minimum absolute atomic E-state index is 0.0195. The molecule has 0 heterocycles. The van der Waals surface area contributed by atoms with Gasteiger partial charge in [0.15, 0.2) is 0 Å². The first kappa shape index (κ1) is 11.5. The van der Waals surface area contributed by atoms with E-state index in [0.29, 0.717) is 11.7 Å². The maximum absolute atomic E-state index is 9.27. The highest BCUT2D eigenvalue weighted by Gasteiger charge is 2.25. The van der Waals surface area contributed by atoms with Crippen LogP contribution in [0.1, 0.15) is 50.5 Å². The third-order valence-corrected chi connectivity index (χ3v) is 3.73. The largest absolute Gasteiger partial charge is 0.508 e. The van der Waals surface area contributed by atoms with Gasteiger partial charge in [-0.1, -0.05) is 18.6 Å². The van der Waals surface area contributed by atoms with E-state index in [2.05, 4.69) is 6.92 Å². The normalized spacial score (nSPS) is 31.0. The van der Waals surface area contributed by atoms with E-state index in [-0.39, 0.29) is 5.54 Å². The summed E-state index contributed by atoms with van der Waals surface area (Å²) >= 11 is 0. The molecule has 1 aromatic rings. The summed E-state index contributed by atoms with van der Waals surface area (Å²) < 4.78 is 0. The van der Waals surface area contributed by atoms with E-state index in [4.69, 9.17) is 5.73 Å². The summed E-state index contributed by atoms with van der Waals surface area (Å²) in [5.74, 6) is 0.965. The molecule has 1 aliphatic rings. The van der Waals surface area contributed by atoms with E-state index < -0.39 is 0 Å². The van der Waals surface area contributed by atoms with E-state index in [1.165, 1.54) is 18.4 Å². The molecule has 1 saturated carbocycles. The number of hydrogen-bond donors (Lipinski definition) is 2. The molecule has 3 N–H and O–H groups in total. The van der Waals surface area contributed by atoms with Gasteiger partial charge in [0, 0.05) is 5.54 Å². The fourth-order valence-electron chi connectivity index (χ4n) is 2.61. The van der Waals surface area contributed by atoms with Crippen molar-refractivity contribution in [2.75, 3.05) is 0 Å². The second-order valence-electron chi connectivity index (χ2n) is 5.37. The molecule has 0 aliphatic heterocycles. The summed E-state index contributed by atoms with van der Waals surface area (Å²) in [6, 6.07) is 7.64. The summed E-state index contributed by atoms with van der Waals surface area (Å²) in [6.45, 7) is 2.16. The Morgan fingerprint density at radius 3 is 2.56 bits per heavy atom. The first-order chi connectivity index (χ1) is 7.57. The first-order valence-electron chi connectivity index (χ1n) is 6.15. The van der Waals surface area contributed by atoms with Crippen molar-refractivity contribution in [1.29, 1.82) is 0 Å². The molecule has 1 fully saturated rings. The van der Waals surface area contributed by atoms with E-state index in [0.717, 1.165) is 19.3 Å². The molecule has 0 bridgehead atoms.